The third-order valence-electron chi connectivity index (χ3n) is 4.42. The highest BCUT2D eigenvalue weighted by Crippen LogP contribution is 2.29. The molecule has 0 bridgehead atoms. The maximum Gasteiger partial charge on any atom is 0.349 e. The highest BCUT2D eigenvalue weighted by molar-refractivity contribution is 5.98. The number of nitrogens with zero attached hydrogens (tertiary/aromatic N) is 1. The second-order valence-corrected chi connectivity index (χ2v) is 7.84. The largest absolute Gasteiger partial charge is 0.493 e. The summed E-state index contributed by atoms with van der Waals surface area (Å²) in [7, 11) is 1.42. The van der Waals surface area contributed by atoms with Gasteiger partial charge in [-0.25, -0.2) is 9.59 Å². The van der Waals surface area contributed by atoms with E-state index in [9.17, 15) is 9.59 Å². The van der Waals surface area contributed by atoms with Crippen LogP contribution < -0.4 is 14.2 Å². The molecule has 0 aliphatic heterocycles. The molecule has 0 unspecified atom stereocenters. The van der Waals surface area contributed by atoms with Crippen LogP contribution in [-0.4, -0.2) is 32.3 Å². The molecule has 0 saturated carbocycles. The zero-order chi connectivity index (χ0) is 23.7. The van der Waals surface area contributed by atoms with Crippen molar-refractivity contribution in [2.75, 3.05) is 20.3 Å². The van der Waals surface area contributed by atoms with Crippen molar-refractivity contribution in [3.63, 3.8) is 0 Å². The fourth-order valence-electron chi connectivity index (χ4n) is 2.72. The predicted molar refractivity (Wildman–Crippen MR) is 119 cm³/mol. The number of rotatable bonds is 8. The van der Waals surface area contributed by atoms with Crippen LogP contribution in [0.1, 0.15) is 38.8 Å². The Morgan fingerprint density at radius 3 is 2.31 bits per heavy atom. The standard InChI is InChI=1S/C25H27NO6/c1-6-30-24(28)18(15-26)13-17-7-12-21(22(14-17)29-5)32-23(27)16-31-20-10-8-19(9-11-20)25(2,3)4/h7-14H,6,16H2,1-5H3/b18-13+. The van der Waals surface area contributed by atoms with Crippen molar-refractivity contribution in [3.8, 4) is 23.3 Å². The van der Waals surface area contributed by atoms with Gasteiger partial charge in [-0.3, -0.25) is 0 Å². The van der Waals surface area contributed by atoms with E-state index in [-0.39, 0.29) is 35.7 Å². The smallest absolute Gasteiger partial charge is 0.349 e. The summed E-state index contributed by atoms with van der Waals surface area (Å²) in [6, 6.07) is 14.0. The van der Waals surface area contributed by atoms with Gasteiger partial charge in [0.25, 0.3) is 0 Å². The van der Waals surface area contributed by atoms with Crippen LogP contribution in [0.25, 0.3) is 6.08 Å². The normalized spacial score (nSPS) is 11.3. The molecule has 0 spiro atoms. The first-order valence-corrected chi connectivity index (χ1v) is 10.1. The molecule has 0 radical (unpaired) electrons. The van der Waals surface area contributed by atoms with E-state index in [2.05, 4.69) is 20.8 Å². The number of carbonyl (C=O) groups is 2. The van der Waals surface area contributed by atoms with Gasteiger partial charge in [-0.1, -0.05) is 39.0 Å². The molecule has 0 heterocycles. The molecule has 7 heteroatoms. The summed E-state index contributed by atoms with van der Waals surface area (Å²) >= 11 is 0. The van der Waals surface area contributed by atoms with Gasteiger partial charge in [-0.2, -0.15) is 5.26 Å². The zero-order valence-electron chi connectivity index (χ0n) is 18.9. The molecular formula is C25H27NO6. The quantitative estimate of drug-likeness (QED) is 0.261. The van der Waals surface area contributed by atoms with Gasteiger partial charge in [0.05, 0.1) is 13.7 Å². The first-order chi connectivity index (χ1) is 15.2. The summed E-state index contributed by atoms with van der Waals surface area (Å²) in [5, 5.41) is 9.16. The van der Waals surface area contributed by atoms with Crippen LogP contribution in [0.3, 0.4) is 0 Å². The molecule has 2 aromatic carbocycles. The molecule has 7 nitrogen and oxygen atoms in total. The molecule has 2 aromatic rings. The van der Waals surface area contributed by atoms with Gasteiger partial charge in [0, 0.05) is 0 Å². The molecule has 0 aliphatic rings. The van der Waals surface area contributed by atoms with Crippen molar-refractivity contribution >= 4 is 18.0 Å². The molecule has 0 aliphatic carbocycles. The fraction of sp³-hybridized carbons (Fsp3) is 0.320. The van der Waals surface area contributed by atoms with Crippen molar-refractivity contribution in [1.29, 1.82) is 5.26 Å². The SMILES string of the molecule is CCOC(=O)/C(C#N)=C/c1ccc(OC(=O)COc2ccc(C(C)(C)C)cc2)c(OC)c1. The second-order valence-electron chi connectivity index (χ2n) is 7.84. The van der Waals surface area contributed by atoms with E-state index in [0.717, 1.165) is 5.56 Å². The highest BCUT2D eigenvalue weighted by atomic mass is 16.6. The lowest BCUT2D eigenvalue weighted by Gasteiger charge is -2.19. The number of carbonyl (C=O) groups excluding carboxylic acids is 2. The minimum absolute atomic E-state index is 0.0275. The Labute approximate surface area is 188 Å². The second kappa shape index (κ2) is 11.0. The minimum atomic E-state index is -0.711. The summed E-state index contributed by atoms with van der Waals surface area (Å²) in [4.78, 5) is 24.0. The summed E-state index contributed by atoms with van der Waals surface area (Å²) in [6.07, 6.45) is 1.37. The van der Waals surface area contributed by atoms with E-state index < -0.39 is 11.9 Å². The van der Waals surface area contributed by atoms with Crippen LogP contribution in [0.4, 0.5) is 0 Å². The van der Waals surface area contributed by atoms with Crippen LogP contribution in [0.2, 0.25) is 0 Å². The molecule has 168 valence electrons. The molecule has 32 heavy (non-hydrogen) atoms. The lowest BCUT2D eigenvalue weighted by molar-refractivity contribution is -0.138. The third-order valence-corrected chi connectivity index (χ3v) is 4.42. The Balaban J connectivity index is 2.05. The summed E-state index contributed by atoms with van der Waals surface area (Å²) in [5.41, 5.74) is 1.56. The molecule has 2 rings (SSSR count). The van der Waals surface area contributed by atoms with Crippen LogP contribution in [0.5, 0.6) is 17.2 Å². The number of hydrogen-bond donors (Lipinski definition) is 0. The number of benzene rings is 2. The van der Waals surface area contributed by atoms with Gasteiger partial charge < -0.3 is 18.9 Å². The molecule has 0 saturated heterocycles. The number of hydrogen-bond acceptors (Lipinski definition) is 7. The Morgan fingerprint density at radius 2 is 1.75 bits per heavy atom. The average molecular weight is 437 g/mol. The number of ether oxygens (including phenoxy) is 4. The van der Waals surface area contributed by atoms with Crippen molar-refractivity contribution in [3.05, 3.63) is 59.2 Å². The molecule has 0 fully saturated rings. The van der Waals surface area contributed by atoms with Crippen molar-refractivity contribution in [2.45, 2.75) is 33.1 Å². The van der Waals surface area contributed by atoms with Crippen molar-refractivity contribution in [2.24, 2.45) is 0 Å². The molecule has 0 N–H and O–H groups in total. The molecule has 0 amide bonds. The predicted octanol–water partition coefficient (Wildman–Crippen LogP) is 4.45. The lowest BCUT2D eigenvalue weighted by atomic mass is 9.87. The van der Waals surface area contributed by atoms with Gasteiger partial charge in [-0.15, -0.1) is 0 Å². The van der Waals surface area contributed by atoms with E-state index in [1.807, 2.05) is 30.3 Å². The average Bonchev–Trinajstić information content (AvgIpc) is 2.76. The first-order valence-electron chi connectivity index (χ1n) is 10.1. The number of esters is 2. The van der Waals surface area contributed by atoms with E-state index >= 15 is 0 Å². The summed E-state index contributed by atoms with van der Waals surface area (Å²) in [6.45, 7) is 7.90. The molecule has 0 aromatic heterocycles. The summed E-state index contributed by atoms with van der Waals surface area (Å²) < 4.78 is 21.0. The monoisotopic (exact) mass is 437 g/mol. The lowest BCUT2D eigenvalue weighted by Crippen LogP contribution is -2.18. The third kappa shape index (κ3) is 6.88. The Morgan fingerprint density at radius 1 is 1.06 bits per heavy atom. The van der Waals surface area contributed by atoms with Crippen LogP contribution in [0.15, 0.2) is 48.0 Å². The Bertz CT molecular complexity index is 1030. The number of nitriles is 1. The van der Waals surface area contributed by atoms with Crippen molar-refractivity contribution < 1.29 is 28.5 Å². The fourth-order valence-corrected chi connectivity index (χ4v) is 2.72. The summed E-state index contributed by atoms with van der Waals surface area (Å²) in [5.74, 6) is -0.294. The van der Waals surface area contributed by atoms with Gasteiger partial charge >= 0.3 is 11.9 Å². The minimum Gasteiger partial charge on any atom is -0.493 e. The van der Waals surface area contributed by atoms with Gasteiger partial charge in [0.15, 0.2) is 18.1 Å². The van der Waals surface area contributed by atoms with E-state index in [4.69, 9.17) is 24.2 Å². The van der Waals surface area contributed by atoms with Gasteiger partial charge in [0.2, 0.25) is 0 Å². The van der Waals surface area contributed by atoms with Gasteiger partial charge in [0.1, 0.15) is 17.4 Å². The Hall–Kier alpha value is -3.79. The topological polar surface area (TPSA) is 94.9 Å². The highest BCUT2D eigenvalue weighted by Gasteiger charge is 2.15. The maximum absolute atomic E-state index is 12.2. The van der Waals surface area contributed by atoms with E-state index in [1.165, 1.54) is 19.3 Å². The molecular weight excluding hydrogens is 410 g/mol. The first kappa shape index (κ1) is 24.5. The van der Waals surface area contributed by atoms with Crippen molar-refractivity contribution in [1.82, 2.24) is 0 Å². The maximum atomic E-state index is 12.2. The number of methoxy groups -OCH3 is 1. The van der Waals surface area contributed by atoms with Crippen LogP contribution in [-0.2, 0) is 19.7 Å². The van der Waals surface area contributed by atoms with E-state index in [1.54, 1.807) is 19.1 Å². The van der Waals surface area contributed by atoms with E-state index in [0.29, 0.717) is 11.3 Å². The Kier molecular flexibility index (Phi) is 8.42. The van der Waals surface area contributed by atoms with Crippen LogP contribution >= 0.6 is 0 Å². The van der Waals surface area contributed by atoms with Gasteiger partial charge in [-0.05, 0) is 53.8 Å². The zero-order valence-corrected chi connectivity index (χ0v) is 18.9. The molecule has 0 atom stereocenters. The van der Waals surface area contributed by atoms with Crippen LogP contribution in [0, 0.1) is 11.3 Å².